The number of aryl methyl sites for hydroxylation is 1. The molecule has 0 aromatic carbocycles. The van der Waals surface area contributed by atoms with Gasteiger partial charge >= 0.3 is 0 Å². The largest absolute Gasteiger partial charge is 0.349 e. The molecule has 1 atom stereocenters. The number of aromatic nitrogens is 1. The molecular formula is C17H31N3. The predicted octanol–water partition coefficient (Wildman–Crippen LogP) is 2.94. The van der Waals surface area contributed by atoms with Crippen molar-refractivity contribution in [3.8, 4) is 0 Å². The van der Waals surface area contributed by atoms with Crippen LogP contribution in [0.15, 0.2) is 6.07 Å². The van der Waals surface area contributed by atoms with Gasteiger partial charge < -0.3 is 14.8 Å². The first kappa shape index (κ1) is 15.6. The minimum Gasteiger partial charge on any atom is -0.349 e. The Bertz CT molecular complexity index is 434. The third-order valence-electron chi connectivity index (χ3n) is 4.79. The lowest BCUT2D eigenvalue weighted by Gasteiger charge is -2.20. The molecule has 3 heteroatoms. The first-order valence-corrected chi connectivity index (χ1v) is 8.13. The van der Waals surface area contributed by atoms with Crippen LogP contribution in [0.2, 0.25) is 0 Å². The maximum atomic E-state index is 3.67. The highest BCUT2D eigenvalue weighted by Gasteiger charge is 2.23. The minimum atomic E-state index is 0.698. The Morgan fingerprint density at radius 3 is 2.65 bits per heavy atom. The van der Waals surface area contributed by atoms with E-state index in [4.69, 9.17) is 0 Å². The lowest BCUT2D eigenvalue weighted by Crippen LogP contribution is -2.30. The van der Waals surface area contributed by atoms with E-state index in [0.29, 0.717) is 6.04 Å². The van der Waals surface area contributed by atoms with Gasteiger partial charge in [-0.1, -0.05) is 0 Å². The average Bonchev–Trinajstić information content (AvgIpc) is 2.96. The molecule has 0 aliphatic carbocycles. The van der Waals surface area contributed by atoms with Crippen molar-refractivity contribution in [1.29, 1.82) is 0 Å². The fraction of sp³-hybridized carbons (Fsp3) is 0.765. The topological polar surface area (TPSA) is 20.2 Å². The number of rotatable bonds is 6. The van der Waals surface area contributed by atoms with Gasteiger partial charge in [0.2, 0.25) is 0 Å². The molecule has 2 rings (SSSR count). The number of nitrogens with one attached hydrogen (secondary N) is 1. The molecule has 3 nitrogen and oxygen atoms in total. The van der Waals surface area contributed by atoms with Crippen LogP contribution in [0.1, 0.15) is 44.1 Å². The van der Waals surface area contributed by atoms with Gasteiger partial charge in [-0.25, -0.2) is 0 Å². The molecule has 1 aromatic rings. The zero-order valence-corrected chi connectivity index (χ0v) is 13.9. The number of hydrogen-bond acceptors (Lipinski definition) is 2. The highest BCUT2D eigenvalue weighted by atomic mass is 15.2. The lowest BCUT2D eigenvalue weighted by atomic mass is 10.1. The summed E-state index contributed by atoms with van der Waals surface area (Å²) >= 11 is 0. The molecule has 0 radical (unpaired) electrons. The van der Waals surface area contributed by atoms with E-state index >= 15 is 0 Å². The average molecular weight is 277 g/mol. The van der Waals surface area contributed by atoms with E-state index in [1.54, 1.807) is 0 Å². The van der Waals surface area contributed by atoms with Gasteiger partial charge in [-0.2, -0.15) is 0 Å². The molecular weight excluding hydrogens is 246 g/mol. The van der Waals surface area contributed by atoms with Crippen LogP contribution in [0, 0.1) is 19.8 Å². The van der Waals surface area contributed by atoms with E-state index in [9.17, 15) is 0 Å². The summed E-state index contributed by atoms with van der Waals surface area (Å²) in [5.41, 5.74) is 4.27. The highest BCUT2D eigenvalue weighted by molar-refractivity contribution is 5.26. The van der Waals surface area contributed by atoms with E-state index in [2.05, 4.69) is 55.5 Å². The first-order chi connectivity index (χ1) is 9.52. The van der Waals surface area contributed by atoms with Crippen LogP contribution in [0.3, 0.4) is 0 Å². The van der Waals surface area contributed by atoms with Crippen molar-refractivity contribution in [2.45, 2.75) is 60.2 Å². The second kappa shape index (κ2) is 6.77. The number of likely N-dealkylation sites (tertiary alicyclic amines) is 1. The molecule has 1 unspecified atom stereocenters. The monoisotopic (exact) mass is 277 g/mol. The van der Waals surface area contributed by atoms with E-state index < -0.39 is 0 Å². The zero-order chi connectivity index (χ0) is 14.7. The Morgan fingerprint density at radius 2 is 2.10 bits per heavy atom. The molecule has 20 heavy (non-hydrogen) atoms. The van der Waals surface area contributed by atoms with Gasteiger partial charge in [0.1, 0.15) is 0 Å². The van der Waals surface area contributed by atoms with Crippen molar-refractivity contribution < 1.29 is 0 Å². The predicted molar refractivity (Wildman–Crippen MR) is 86.1 cm³/mol. The number of hydrogen-bond donors (Lipinski definition) is 1. The zero-order valence-electron chi connectivity index (χ0n) is 13.9. The molecule has 1 aliphatic rings. The van der Waals surface area contributed by atoms with Gasteiger partial charge in [0, 0.05) is 37.1 Å². The maximum Gasteiger partial charge on any atom is 0.0223 e. The second-order valence-electron chi connectivity index (χ2n) is 6.51. The Hall–Kier alpha value is -0.800. The van der Waals surface area contributed by atoms with Crippen LogP contribution in [0.25, 0.3) is 0 Å². The molecule has 0 spiro atoms. The third kappa shape index (κ3) is 3.44. The van der Waals surface area contributed by atoms with E-state index in [-0.39, 0.29) is 0 Å². The van der Waals surface area contributed by atoms with Gasteiger partial charge in [0.05, 0.1) is 0 Å². The smallest absolute Gasteiger partial charge is 0.0223 e. The van der Waals surface area contributed by atoms with Gasteiger partial charge in [-0.05, 0) is 71.7 Å². The van der Waals surface area contributed by atoms with Crippen LogP contribution in [0.4, 0.5) is 0 Å². The molecule has 0 amide bonds. The molecule has 1 saturated heterocycles. The summed E-state index contributed by atoms with van der Waals surface area (Å²) in [7, 11) is 0. The summed E-state index contributed by atoms with van der Waals surface area (Å²) in [4.78, 5) is 2.59. The van der Waals surface area contributed by atoms with Gasteiger partial charge in [0.15, 0.2) is 0 Å². The molecule has 2 heterocycles. The van der Waals surface area contributed by atoms with Gasteiger partial charge in [-0.15, -0.1) is 0 Å². The summed E-state index contributed by atoms with van der Waals surface area (Å²) in [5.74, 6) is 0.826. The van der Waals surface area contributed by atoms with Crippen LogP contribution in [0.5, 0.6) is 0 Å². The normalized spacial score (nSPS) is 20.2. The molecule has 1 aliphatic heterocycles. The van der Waals surface area contributed by atoms with Gasteiger partial charge in [0.25, 0.3) is 0 Å². The molecule has 1 N–H and O–H groups in total. The summed E-state index contributed by atoms with van der Waals surface area (Å²) < 4.78 is 2.40. The minimum absolute atomic E-state index is 0.698. The Morgan fingerprint density at radius 1 is 1.35 bits per heavy atom. The Labute approximate surface area is 124 Å². The summed E-state index contributed by atoms with van der Waals surface area (Å²) in [6, 6.07) is 3.03. The van der Waals surface area contributed by atoms with Crippen molar-refractivity contribution in [3.63, 3.8) is 0 Å². The highest BCUT2D eigenvalue weighted by Crippen LogP contribution is 2.18. The maximum absolute atomic E-state index is 3.67. The molecule has 114 valence electrons. The van der Waals surface area contributed by atoms with Crippen molar-refractivity contribution >= 4 is 0 Å². The molecule has 0 bridgehead atoms. The fourth-order valence-electron chi connectivity index (χ4n) is 3.45. The van der Waals surface area contributed by atoms with Crippen LogP contribution in [-0.2, 0) is 13.1 Å². The quantitative estimate of drug-likeness (QED) is 0.863. The molecule has 0 saturated carbocycles. The van der Waals surface area contributed by atoms with Crippen LogP contribution < -0.4 is 5.32 Å². The first-order valence-electron chi connectivity index (χ1n) is 8.13. The van der Waals surface area contributed by atoms with Crippen molar-refractivity contribution in [2.75, 3.05) is 19.6 Å². The second-order valence-corrected chi connectivity index (χ2v) is 6.51. The molecule has 1 fully saturated rings. The van der Waals surface area contributed by atoms with Gasteiger partial charge in [-0.3, -0.25) is 0 Å². The Balaban J connectivity index is 1.79. The van der Waals surface area contributed by atoms with Crippen molar-refractivity contribution in [1.82, 2.24) is 14.8 Å². The lowest BCUT2D eigenvalue weighted by molar-refractivity contribution is 0.264. The number of nitrogens with zero attached hydrogens (tertiary/aromatic N) is 2. The fourth-order valence-corrected chi connectivity index (χ4v) is 3.45. The SMILES string of the molecule is CCn1c(C)cc(CNCC2CCN(C(C)C)C2)c1C. The van der Waals surface area contributed by atoms with Crippen LogP contribution >= 0.6 is 0 Å². The summed E-state index contributed by atoms with van der Waals surface area (Å²) in [5, 5.41) is 3.67. The van der Waals surface area contributed by atoms with E-state index in [1.165, 1.54) is 36.5 Å². The van der Waals surface area contributed by atoms with E-state index in [1.807, 2.05) is 0 Å². The Kier molecular flexibility index (Phi) is 5.28. The summed E-state index contributed by atoms with van der Waals surface area (Å²) in [6.45, 7) is 17.0. The van der Waals surface area contributed by atoms with Crippen molar-refractivity contribution in [3.05, 3.63) is 23.0 Å². The third-order valence-corrected chi connectivity index (χ3v) is 4.79. The van der Waals surface area contributed by atoms with E-state index in [0.717, 1.165) is 25.6 Å². The van der Waals surface area contributed by atoms with Crippen LogP contribution in [-0.4, -0.2) is 35.1 Å². The molecule has 1 aromatic heterocycles. The standard InChI is InChI=1S/C17H31N3/c1-6-20-14(4)9-17(15(20)5)11-18-10-16-7-8-19(12-16)13(2)3/h9,13,16,18H,6-8,10-12H2,1-5H3. The summed E-state index contributed by atoms with van der Waals surface area (Å²) in [6.07, 6.45) is 1.35. The van der Waals surface area contributed by atoms with Crippen molar-refractivity contribution in [2.24, 2.45) is 5.92 Å².